The molecule has 1 nitrogen and oxygen atoms in total. The lowest BCUT2D eigenvalue weighted by atomic mass is 11.0. The second kappa shape index (κ2) is 268. The van der Waals surface area contributed by atoms with Crippen LogP contribution < -0.4 is 5.32 Å². The standard InChI is InChI=1S/C2H7N.2C2H6.CH4.H2/c1-3-2;2*1-2;;/h3H,1-2H3;2*1-2H3;1H4;1H/i;;;;1+1. The molecule has 8 heavy (non-hydrogen) atoms. The number of hydrogen-bond acceptors (Lipinski definition) is 1. The molecule has 0 saturated carbocycles. The summed E-state index contributed by atoms with van der Waals surface area (Å²) in [7, 11) is 3.75. The maximum absolute atomic E-state index is 2.75. The fraction of sp³-hybridized carbons (Fsp3) is 1.00. The molecule has 58 valence electrons. The van der Waals surface area contributed by atoms with E-state index in [1.54, 1.807) is 0 Å². The summed E-state index contributed by atoms with van der Waals surface area (Å²) >= 11 is 0. The Morgan fingerprint density at radius 3 is 0.875 bits per heavy atom. The predicted molar refractivity (Wildman–Crippen MR) is 46.5 cm³/mol. The van der Waals surface area contributed by atoms with E-state index in [4.69, 9.17) is 0 Å². The molecule has 1 N–H and O–H groups in total. The zero-order valence-electron chi connectivity index (χ0n) is 6.50. The quantitative estimate of drug-likeness (QED) is 0.523. The summed E-state index contributed by atoms with van der Waals surface area (Å²) in [5.74, 6) is 0. The molecule has 0 atom stereocenters. The van der Waals surface area contributed by atoms with Crippen LogP contribution in [0.5, 0.6) is 0 Å². The van der Waals surface area contributed by atoms with E-state index in [2.05, 4.69) is 5.32 Å². The topological polar surface area (TPSA) is 12.0 Å². The van der Waals surface area contributed by atoms with Crippen molar-refractivity contribution in [2.75, 3.05) is 14.1 Å². The molecule has 0 rings (SSSR count). The van der Waals surface area contributed by atoms with E-state index in [0.717, 1.165) is 0 Å². The Morgan fingerprint density at radius 2 is 0.875 bits per heavy atom. The Morgan fingerprint density at radius 1 is 0.875 bits per heavy atom. The Bertz CT molecular complexity index is 8.88. The monoisotopic (exact) mass is 124 g/mol. The smallest absolute Gasteiger partial charge is 0 e. The van der Waals surface area contributed by atoms with Gasteiger partial charge in [0, 0.05) is 1.43 Å². The van der Waals surface area contributed by atoms with Crippen molar-refractivity contribution in [2.45, 2.75) is 35.1 Å². The molecule has 0 heterocycles. The minimum atomic E-state index is 0. The first kappa shape index (κ1) is 24.6. The van der Waals surface area contributed by atoms with Crippen molar-refractivity contribution in [3.05, 3.63) is 0 Å². The average molecular weight is 124 g/mol. The second-order valence-electron chi connectivity index (χ2n) is 0.500. The van der Waals surface area contributed by atoms with Gasteiger partial charge in [-0.15, -0.1) is 0 Å². The predicted octanol–water partition coefficient (Wildman–Crippen LogP) is 2.77. The van der Waals surface area contributed by atoms with Gasteiger partial charge < -0.3 is 5.32 Å². The second-order valence-corrected chi connectivity index (χ2v) is 0.500. The molecular weight excluding hydrogens is 98.1 g/mol. The van der Waals surface area contributed by atoms with E-state index in [0.29, 0.717) is 0 Å². The lowest BCUT2D eigenvalue weighted by Crippen LogP contribution is -1.89. The van der Waals surface area contributed by atoms with Gasteiger partial charge in [0.15, 0.2) is 0 Å². The van der Waals surface area contributed by atoms with Crippen LogP contribution >= 0.6 is 0 Å². The van der Waals surface area contributed by atoms with Crippen molar-refractivity contribution >= 4 is 0 Å². The summed E-state index contributed by atoms with van der Waals surface area (Å²) < 4.78 is 0. The normalized spacial score (nSPS) is 3.75. The summed E-state index contributed by atoms with van der Waals surface area (Å²) in [5, 5.41) is 2.75. The van der Waals surface area contributed by atoms with E-state index in [-0.39, 0.29) is 8.85 Å². The summed E-state index contributed by atoms with van der Waals surface area (Å²) in [5.41, 5.74) is 0. The summed E-state index contributed by atoms with van der Waals surface area (Å²) in [4.78, 5) is 0. The van der Waals surface area contributed by atoms with Crippen LogP contribution in [0.25, 0.3) is 0 Å². The van der Waals surface area contributed by atoms with Crippen LogP contribution in [0.15, 0.2) is 0 Å². The molecule has 0 spiro atoms. The fourth-order valence-electron chi connectivity index (χ4n) is 0. The van der Waals surface area contributed by atoms with Gasteiger partial charge in [0.1, 0.15) is 0 Å². The van der Waals surface area contributed by atoms with Gasteiger partial charge >= 0.3 is 0 Å². The molecule has 0 amide bonds. The third-order valence-electron chi connectivity index (χ3n) is 0. The molecule has 0 radical (unpaired) electrons. The number of rotatable bonds is 0. The van der Waals surface area contributed by atoms with Crippen molar-refractivity contribution < 1.29 is 1.43 Å². The van der Waals surface area contributed by atoms with Gasteiger partial charge in [0.05, 0.1) is 0 Å². The first-order valence-corrected chi connectivity index (χ1v) is 3.00. The minimum Gasteiger partial charge on any atom is -0.323 e. The minimum absolute atomic E-state index is 0. The molecule has 1 heteroatoms. The summed E-state index contributed by atoms with van der Waals surface area (Å²) in [6, 6.07) is 0. The number of nitrogens with one attached hydrogen (secondary N) is 1. The largest absolute Gasteiger partial charge is 0.323 e. The highest BCUT2D eigenvalue weighted by molar-refractivity contribution is 3.91. The van der Waals surface area contributed by atoms with Gasteiger partial charge in [-0.2, -0.15) is 0 Å². The molecule has 0 aliphatic carbocycles. The van der Waals surface area contributed by atoms with Crippen LogP contribution in [0.3, 0.4) is 0 Å². The van der Waals surface area contributed by atoms with Gasteiger partial charge in [0.25, 0.3) is 0 Å². The maximum Gasteiger partial charge on any atom is 0 e. The van der Waals surface area contributed by atoms with Crippen molar-refractivity contribution in [1.29, 1.82) is 0 Å². The highest BCUT2D eigenvalue weighted by Gasteiger charge is 1.25. The van der Waals surface area contributed by atoms with Crippen molar-refractivity contribution in [1.82, 2.24) is 5.32 Å². The van der Waals surface area contributed by atoms with E-state index >= 15 is 0 Å². The van der Waals surface area contributed by atoms with Gasteiger partial charge in [-0.25, -0.2) is 0 Å². The molecule has 0 aromatic rings. The molecule has 0 aliphatic rings. The van der Waals surface area contributed by atoms with Gasteiger partial charge in [0.2, 0.25) is 0 Å². The van der Waals surface area contributed by atoms with Gasteiger partial charge in [-0.05, 0) is 14.1 Å². The third kappa shape index (κ3) is 91600. The van der Waals surface area contributed by atoms with Crippen molar-refractivity contribution in [2.24, 2.45) is 0 Å². The maximum atomic E-state index is 2.75. The van der Waals surface area contributed by atoms with Crippen LogP contribution in [0.2, 0.25) is 0 Å². The molecule has 0 unspecified atom stereocenters. The highest BCUT2D eigenvalue weighted by Crippen LogP contribution is 1.15. The lowest BCUT2D eigenvalue weighted by Gasteiger charge is -1.59. The Labute approximate surface area is 57.0 Å². The Hall–Kier alpha value is -0.0400. The first-order chi connectivity index (χ1) is 3.41. The highest BCUT2D eigenvalue weighted by atomic mass is 14.7. The first-order valence-electron chi connectivity index (χ1n) is 3.00. The van der Waals surface area contributed by atoms with Gasteiger partial charge in [-0.1, -0.05) is 35.1 Å². The van der Waals surface area contributed by atoms with Crippen molar-refractivity contribution in [3.63, 3.8) is 0 Å². The number of hydrogen-bond donors (Lipinski definition) is 1. The van der Waals surface area contributed by atoms with E-state index < -0.39 is 0 Å². The van der Waals surface area contributed by atoms with Crippen LogP contribution in [-0.2, 0) is 0 Å². The molecule has 0 aromatic heterocycles. The molecular formula is C7H25N. The zero-order valence-corrected chi connectivity index (χ0v) is 6.50. The van der Waals surface area contributed by atoms with Crippen LogP contribution in [0.1, 0.15) is 36.5 Å². The lowest BCUT2D eigenvalue weighted by molar-refractivity contribution is 1.02. The third-order valence-corrected chi connectivity index (χ3v) is 0. The summed E-state index contributed by atoms with van der Waals surface area (Å²) in [6.07, 6.45) is 0. The van der Waals surface area contributed by atoms with E-state index in [9.17, 15) is 0 Å². The SMILES string of the molecule is C.CC.CC.CNC.[2HH]. The Kier molecular flexibility index (Phi) is 825. The average Bonchev–Trinajstić information content (AvgIpc) is 1.78. The molecule has 0 aliphatic heterocycles. The summed E-state index contributed by atoms with van der Waals surface area (Å²) in [6.45, 7) is 8.00. The van der Waals surface area contributed by atoms with Crippen LogP contribution in [0.4, 0.5) is 0 Å². The zero-order chi connectivity index (χ0) is 6.71. The van der Waals surface area contributed by atoms with Crippen LogP contribution in [-0.4, -0.2) is 14.1 Å². The molecule has 0 saturated heterocycles. The van der Waals surface area contributed by atoms with Gasteiger partial charge in [-0.3, -0.25) is 0 Å². The van der Waals surface area contributed by atoms with E-state index in [1.807, 2.05) is 41.8 Å². The van der Waals surface area contributed by atoms with Crippen molar-refractivity contribution in [3.8, 4) is 0 Å². The van der Waals surface area contributed by atoms with E-state index in [1.165, 1.54) is 0 Å². The Balaban J connectivity index is -0.00000000825. The fourth-order valence-corrected chi connectivity index (χ4v) is 0. The molecule has 0 fully saturated rings. The molecule has 0 aromatic carbocycles. The molecule has 0 bridgehead atoms. The van der Waals surface area contributed by atoms with Crippen LogP contribution in [0, 0.1) is 0 Å².